The number of rotatable bonds is 10. The molecule has 3 rings (SSSR count). The molecule has 0 aromatic heterocycles. The van der Waals surface area contributed by atoms with E-state index in [1.54, 1.807) is 0 Å². The van der Waals surface area contributed by atoms with Crippen molar-refractivity contribution in [1.29, 1.82) is 0 Å². The van der Waals surface area contributed by atoms with Gasteiger partial charge in [0, 0.05) is 29.7 Å². The van der Waals surface area contributed by atoms with Crippen molar-refractivity contribution in [1.82, 2.24) is 14.7 Å². The van der Waals surface area contributed by atoms with Gasteiger partial charge in [-0.25, -0.2) is 0 Å². The molecule has 1 aliphatic rings. The molecule has 0 unspecified atom stereocenters. The average molecular weight is 521 g/mol. The van der Waals surface area contributed by atoms with Gasteiger partial charge in [-0.05, 0) is 95.2 Å². The fourth-order valence-electron chi connectivity index (χ4n) is 4.74. The highest BCUT2D eigenvalue weighted by Gasteiger charge is 2.31. The smallest absolute Gasteiger partial charge is 0.240 e. The van der Waals surface area contributed by atoms with Gasteiger partial charge in [-0.1, -0.05) is 48.3 Å². The molecule has 2 aromatic carbocycles. The molecule has 1 amide bonds. The van der Waals surface area contributed by atoms with E-state index in [9.17, 15) is 4.79 Å². The molecular formula is C28H39Cl2N3O2. The summed E-state index contributed by atoms with van der Waals surface area (Å²) >= 11 is 12.4. The summed E-state index contributed by atoms with van der Waals surface area (Å²) in [6.45, 7) is 4.49. The van der Waals surface area contributed by atoms with Crippen molar-refractivity contribution in [2.24, 2.45) is 0 Å². The first kappa shape index (κ1) is 27.8. The maximum Gasteiger partial charge on any atom is 0.240 e. The number of benzene rings is 2. The standard InChI is InChI=1S/C28H39Cl2N3O2/c1-6-24(19-31(2)3)35-27-18-23(30)11-12-25(27)21-13-15-33(16-14-21)28(34)26(32(4)5)17-20-7-9-22(29)10-8-20/h7-12,18,21,24,26H,6,13-17,19H2,1-5H3/t24-,26+/m0/s1. The van der Waals surface area contributed by atoms with Crippen LogP contribution < -0.4 is 4.74 Å². The van der Waals surface area contributed by atoms with Crippen molar-refractivity contribution in [3.8, 4) is 5.75 Å². The molecule has 2 atom stereocenters. The third kappa shape index (κ3) is 7.85. The summed E-state index contributed by atoms with van der Waals surface area (Å²) in [5.74, 6) is 1.41. The second-order valence-electron chi connectivity index (χ2n) is 10.0. The number of piperidine rings is 1. The van der Waals surface area contributed by atoms with Crippen LogP contribution >= 0.6 is 23.2 Å². The summed E-state index contributed by atoms with van der Waals surface area (Å²) in [5, 5.41) is 1.40. The van der Waals surface area contributed by atoms with Crippen molar-refractivity contribution in [3.05, 3.63) is 63.6 Å². The van der Waals surface area contributed by atoms with E-state index in [1.807, 2.05) is 60.3 Å². The maximum atomic E-state index is 13.5. The SMILES string of the molecule is CC[C@@H](CN(C)C)Oc1cc(Cl)ccc1C1CCN(C(=O)[C@@H](Cc2ccc(Cl)cc2)N(C)C)CC1. The molecule has 1 aliphatic heterocycles. The second-order valence-corrected chi connectivity index (χ2v) is 10.9. The van der Waals surface area contributed by atoms with Gasteiger partial charge in [-0.15, -0.1) is 0 Å². The van der Waals surface area contributed by atoms with Crippen LogP contribution in [-0.2, 0) is 11.2 Å². The largest absolute Gasteiger partial charge is 0.489 e. The molecule has 1 fully saturated rings. The lowest BCUT2D eigenvalue weighted by atomic mass is 9.88. The number of hydrogen-bond donors (Lipinski definition) is 0. The Labute approximate surface area is 220 Å². The van der Waals surface area contributed by atoms with Crippen LogP contribution in [0, 0.1) is 0 Å². The summed E-state index contributed by atoms with van der Waals surface area (Å²) in [7, 11) is 8.07. The molecule has 0 aliphatic carbocycles. The van der Waals surface area contributed by atoms with Gasteiger partial charge in [0.15, 0.2) is 0 Å². The molecule has 2 aromatic rings. The van der Waals surface area contributed by atoms with Crippen molar-refractivity contribution in [2.75, 3.05) is 47.8 Å². The van der Waals surface area contributed by atoms with E-state index in [0.717, 1.165) is 50.2 Å². The minimum absolute atomic E-state index is 0.109. The van der Waals surface area contributed by atoms with E-state index in [1.165, 1.54) is 5.56 Å². The van der Waals surface area contributed by atoms with E-state index < -0.39 is 0 Å². The highest BCUT2D eigenvalue weighted by atomic mass is 35.5. The van der Waals surface area contributed by atoms with Gasteiger partial charge in [0.25, 0.3) is 0 Å². The zero-order chi connectivity index (χ0) is 25.5. The normalized spacial score (nSPS) is 16.5. The summed E-state index contributed by atoms with van der Waals surface area (Å²) in [5.41, 5.74) is 2.31. The van der Waals surface area contributed by atoms with Crippen LogP contribution in [0.25, 0.3) is 0 Å². The molecule has 1 saturated heterocycles. The van der Waals surface area contributed by atoms with Crippen LogP contribution in [0.1, 0.15) is 43.2 Å². The first-order valence-electron chi connectivity index (χ1n) is 12.5. The van der Waals surface area contributed by atoms with Crippen LogP contribution in [-0.4, -0.2) is 80.6 Å². The summed E-state index contributed by atoms with van der Waals surface area (Å²) < 4.78 is 6.44. The van der Waals surface area contributed by atoms with Crippen molar-refractivity contribution < 1.29 is 9.53 Å². The van der Waals surface area contributed by atoms with E-state index in [0.29, 0.717) is 22.4 Å². The number of hydrogen-bond acceptors (Lipinski definition) is 4. The first-order valence-corrected chi connectivity index (χ1v) is 13.2. The van der Waals surface area contributed by atoms with Gasteiger partial charge < -0.3 is 14.5 Å². The molecule has 5 nitrogen and oxygen atoms in total. The van der Waals surface area contributed by atoms with Crippen LogP contribution in [0.5, 0.6) is 5.75 Å². The van der Waals surface area contributed by atoms with Crippen molar-refractivity contribution in [3.63, 3.8) is 0 Å². The minimum atomic E-state index is -0.196. The molecule has 0 radical (unpaired) electrons. The summed E-state index contributed by atoms with van der Waals surface area (Å²) in [6, 6.07) is 13.6. The number of carbonyl (C=O) groups is 1. The molecule has 0 N–H and O–H groups in total. The van der Waals surface area contributed by atoms with E-state index in [2.05, 4.69) is 32.0 Å². The van der Waals surface area contributed by atoms with Crippen molar-refractivity contribution in [2.45, 2.75) is 50.7 Å². The highest BCUT2D eigenvalue weighted by Crippen LogP contribution is 2.37. The molecule has 0 bridgehead atoms. The van der Waals surface area contributed by atoms with E-state index in [4.69, 9.17) is 27.9 Å². The number of amides is 1. The van der Waals surface area contributed by atoms with Gasteiger partial charge in [0.1, 0.15) is 11.9 Å². The number of carbonyl (C=O) groups excluding carboxylic acids is 1. The molecule has 1 heterocycles. The quantitative estimate of drug-likeness (QED) is 0.409. The zero-order valence-corrected chi connectivity index (χ0v) is 23.1. The molecule has 35 heavy (non-hydrogen) atoms. The van der Waals surface area contributed by atoms with Crippen molar-refractivity contribution >= 4 is 29.1 Å². The van der Waals surface area contributed by atoms with Gasteiger partial charge in [0.05, 0.1) is 6.04 Å². The average Bonchev–Trinajstić information content (AvgIpc) is 2.82. The predicted octanol–water partition coefficient (Wildman–Crippen LogP) is 5.59. The Balaban J connectivity index is 1.67. The fourth-order valence-corrected chi connectivity index (χ4v) is 5.03. The number of likely N-dealkylation sites (tertiary alicyclic amines) is 1. The van der Waals surface area contributed by atoms with Gasteiger partial charge in [0.2, 0.25) is 5.91 Å². The number of likely N-dealkylation sites (N-methyl/N-ethyl adjacent to an activating group) is 2. The van der Waals surface area contributed by atoms with Crippen LogP contribution in [0.3, 0.4) is 0 Å². The Morgan fingerprint density at radius 1 is 1.03 bits per heavy atom. The Morgan fingerprint density at radius 2 is 1.66 bits per heavy atom. The fraction of sp³-hybridized carbons (Fsp3) is 0.536. The van der Waals surface area contributed by atoms with Gasteiger partial charge in [-0.3, -0.25) is 9.69 Å². The van der Waals surface area contributed by atoms with E-state index >= 15 is 0 Å². The van der Waals surface area contributed by atoms with Gasteiger partial charge in [-0.2, -0.15) is 0 Å². The lowest BCUT2D eigenvalue weighted by molar-refractivity contribution is -0.137. The Hall–Kier alpha value is -1.79. The molecule has 0 spiro atoms. The monoisotopic (exact) mass is 519 g/mol. The molecule has 0 saturated carbocycles. The third-order valence-corrected chi connectivity index (χ3v) is 7.28. The molecular weight excluding hydrogens is 481 g/mol. The minimum Gasteiger partial charge on any atom is -0.489 e. The Bertz CT molecular complexity index is 957. The number of halogens is 2. The summed E-state index contributed by atoms with van der Waals surface area (Å²) in [4.78, 5) is 19.7. The number of nitrogens with zero attached hydrogens (tertiary/aromatic N) is 3. The first-order chi connectivity index (χ1) is 16.7. The topological polar surface area (TPSA) is 36.0 Å². The van der Waals surface area contributed by atoms with Crippen LogP contribution in [0.2, 0.25) is 10.0 Å². The lowest BCUT2D eigenvalue weighted by Crippen LogP contribution is -2.49. The van der Waals surface area contributed by atoms with Gasteiger partial charge >= 0.3 is 0 Å². The summed E-state index contributed by atoms with van der Waals surface area (Å²) in [6.07, 6.45) is 3.53. The Kier molecular flexibility index (Phi) is 10.3. The lowest BCUT2D eigenvalue weighted by Gasteiger charge is -2.36. The number of ether oxygens (including phenoxy) is 1. The van der Waals surface area contributed by atoms with E-state index in [-0.39, 0.29) is 18.1 Å². The van der Waals surface area contributed by atoms with Crippen LogP contribution in [0.4, 0.5) is 0 Å². The molecule has 7 heteroatoms. The third-order valence-electron chi connectivity index (χ3n) is 6.79. The Morgan fingerprint density at radius 3 is 2.23 bits per heavy atom. The van der Waals surface area contributed by atoms with Crippen LogP contribution in [0.15, 0.2) is 42.5 Å². The predicted molar refractivity (Wildman–Crippen MR) is 146 cm³/mol. The zero-order valence-electron chi connectivity index (χ0n) is 21.6. The maximum absolute atomic E-state index is 13.5. The molecule has 192 valence electrons. The highest BCUT2D eigenvalue weighted by molar-refractivity contribution is 6.30. The second kappa shape index (κ2) is 13.0.